The van der Waals surface area contributed by atoms with E-state index in [0.717, 1.165) is 0 Å². The predicted molar refractivity (Wildman–Crippen MR) is 107 cm³/mol. The molecule has 8 heteroatoms. The van der Waals surface area contributed by atoms with Gasteiger partial charge in [-0.15, -0.1) is 0 Å². The second-order valence-corrected chi connectivity index (χ2v) is 7.70. The first kappa shape index (κ1) is 19.3. The standard InChI is InChI=1S/C21H17F2N3O2S/c1-26-19-18(15(10-17(27)24-19)12-6-8-14(22)9-7-12)20(28)25-21(26)29-11-13-4-2-3-5-16(13)23/h2-9,15H,10-11H2,1H3,(H,24,27). The number of fused-ring (bicyclic) bond motifs is 1. The Morgan fingerprint density at radius 2 is 1.86 bits per heavy atom. The molecule has 3 aromatic rings. The van der Waals surface area contributed by atoms with Crippen LogP contribution in [-0.2, 0) is 17.6 Å². The van der Waals surface area contributed by atoms with Crippen LogP contribution in [0.5, 0.6) is 0 Å². The smallest absolute Gasteiger partial charge is 0.279 e. The maximum absolute atomic E-state index is 13.9. The summed E-state index contributed by atoms with van der Waals surface area (Å²) in [6.45, 7) is 0. The zero-order chi connectivity index (χ0) is 20.5. The number of anilines is 1. The molecule has 1 aliphatic heterocycles. The van der Waals surface area contributed by atoms with E-state index < -0.39 is 11.5 Å². The lowest BCUT2D eigenvalue weighted by molar-refractivity contribution is -0.116. The number of thioether (sulfide) groups is 1. The van der Waals surface area contributed by atoms with Crippen molar-refractivity contribution in [2.45, 2.75) is 23.2 Å². The van der Waals surface area contributed by atoms with Crippen molar-refractivity contribution < 1.29 is 13.6 Å². The lowest BCUT2D eigenvalue weighted by Crippen LogP contribution is -2.33. The van der Waals surface area contributed by atoms with Crippen LogP contribution in [0.2, 0.25) is 0 Å². The van der Waals surface area contributed by atoms with Crippen LogP contribution in [0.1, 0.15) is 29.0 Å². The lowest BCUT2D eigenvalue weighted by atomic mass is 9.87. The number of hydrogen-bond acceptors (Lipinski definition) is 4. The van der Waals surface area contributed by atoms with Crippen molar-refractivity contribution in [3.05, 3.63) is 87.2 Å². The maximum atomic E-state index is 13.9. The Balaban J connectivity index is 1.72. The number of aromatic nitrogens is 2. The molecule has 29 heavy (non-hydrogen) atoms. The summed E-state index contributed by atoms with van der Waals surface area (Å²) in [7, 11) is 1.70. The first-order chi connectivity index (χ1) is 13.9. The molecule has 5 nitrogen and oxygen atoms in total. The predicted octanol–water partition coefficient (Wildman–Crippen LogP) is 3.82. The molecular formula is C21H17F2N3O2S. The molecule has 0 aliphatic carbocycles. The van der Waals surface area contributed by atoms with Gasteiger partial charge in [0.25, 0.3) is 5.56 Å². The zero-order valence-electron chi connectivity index (χ0n) is 15.5. The Morgan fingerprint density at radius 3 is 2.59 bits per heavy atom. The van der Waals surface area contributed by atoms with Gasteiger partial charge < -0.3 is 9.88 Å². The molecule has 1 unspecified atom stereocenters. The van der Waals surface area contributed by atoms with E-state index >= 15 is 0 Å². The number of benzene rings is 2. The summed E-state index contributed by atoms with van der Waals surface area (Å²) in [4.78, 5) is 29.3. The minimum atomic E-state index is -0.504. The normalized spacial score (nSPS) is 15.7. The van der Waals surface area contributed by atoms with Crippen molar-refractivity contribution in [3.8, 4) is 0 Å². The highest BCUT2D eigenvalue weighted by atomic mass is 32.2. The van der Waals surface area contributed by atoms with Crippen LogP contribution < -0.4 is 10.9 Å². The summed E-state index contributed by atoms with van der Waals surface area (Å²) in [5.41, 5.74) is 1.09. The molecule has 1 aliphatic rings. The second kappa shape index (κ2) is 7.79. The fourth-order valence-electron chi connectivity index (χ4n) is 3.40. The SMILES string of the molecule is Cn1c(SCc2ccccc2F)nc(=O)c2c1NC(=O)CC2c1ccc(F)cc1. The van der Waals surface area contributed by atoms with Crippen molar-refractivity contribution in [1.82, 2.24) is 9.55 Å². The van der Waals surface area contributed by atoms with Crippen molar-refractivity contribution in [2.75, 3.05) is 5.32 Å². The van der Waals surface area contributed by atoms with E-state index in [2.05, 4.69) is 10.3 Å². The van der Waals surface area contributed by atoms with Crippen LogP contribution >= 0.6 is 11.8 Å². The van der Waals surface area contributed by atoms with Crippen molar-refractivity contribution >= 4 is 23.5 Å². The number of hydrogen-bond donors (Lipinski definition) is 1. The highest BCUT2D eigenvalue weighted by molar-refractivity contribution is 7.98. The molecular weight excluding hydrogens is 396 g/mol. The molecule has 4 rings (SSSR count). The first-order valence-electron chi connectivity index (χ1n) is 8.96. The molecule has 0 spiro atoms. The van der Waals surface area contributed by atoms with Crippen LogP contribution in [0.4, 0.5) is 14.6 Å². The summed E-state index contributed by atoms with van der Waals surface area (Å²) >= 11 is 1.21. The average Bonchev–Trinajstić information content (AvgIpc) is 2.70. The van der Waals surface area contributed by atoms with Gasteiger partial charge in [-0.2, -0.15) is 4.98 Å². The van der Waals surface area contributed by atoms with Gasteiger partial charge in [0.05, 0.1) is 5.56 Å². The Labute approximate surface area is 169 Å². The van der Waals surface area contributed by atoms with Gasteiger partial charge in [0.1, 0.15) is 17.5 Å². The summed E-state index contributed by atoms with van der Waals surface area (Å²) in [5.74, 6) is -0.796. The number of carbonyl (C=O) groups is 1. The quantitative estimate of drug-likeness (QED) is 0.522. The highest BCUT2D eigenvalue weighted by Gasteiger charge is 2.32. The lowest BCUT2D eigenvalue weighted by Gasteiger charge is -2.27. The third-order valence-corrected chi connectivity index (χ3v) is 5.97. The fourth-order valence-corrected chi connectivity index (χ4v) is 4.35. The molecule has 2 heterocycles. The summed E-state index contributed by atoms with van der Waals surface area (Å²) in [5, 5.41) is 3.12. The number of carbonyl (C=O) groups excluding carboxylic acids is 1. The maximum Gasteiger partial charge on any atom is 0.279 e. The molecule has 1 aromatic heterocycles. The third-order valence-electron chi connectivity index (χ3n) is 4.89. The van der Waals surface area contributed by atoms with Crippen LogP contribution in [0.25, 0.3) is 0 Å². The van der Waals surface area contributed by atoms with E-state index in [-0.39, 0.29) is 24.0 Å². The van der Waals surface area contributed by atoms with Gasteiger partial charge in [-0.05, 0) is 29.3 Å². The molecule has 0 saturated carbocycles. The average molecular weight is 413 g/mol. The Bertz CT molecular complexity index is 1150. The van der Waals surface area contributed by atoms with Gasteiger partial charge in [0, 0.05) is 25.1 Å². The molecule has 1 atom stereocenters. The molecule has 1 N–H and O–H groups in total. The minimum Gasteiger partial charge on any atom is -0.312 e. The number of halogens is 2. The molecule has 2 aromatic carbocycles. The Morgan fingerprint density at radius 1 is 1.14 bits per heavy atom. The van der Waals surface area contributed by atoms with Gasteiger partial charge in [-0.3, -0.25) is 9.59 Å². The van der Waals surface area contributed by atoms with Crippen LogP contribution in [0.15, 0.2) is 58.5 Å². The number of nitrogens with zero attached hydrogens (tertiary/aromatic N) is 2. The fraction of sp³-hybridized carbons (Fsp3) is 0.190. The van der Waals surface area contributed by atoms with E-state index in [1.807, 2.05) is 0 Å². The van der Waals surface area contributed by atoms with Crippen molar-refractivity contribution in [1.29, 1.82) is 0 Å². The van der Waals surface area contributed by atoms with Gasteiger partial charge >= 0.3 is 0 Å². The van der Waals surface area contributed by atoms with E-state index in [1.165, 1.54) is 30.0 Å². The summed E-state index contributed by atoms with van der Waals surface area (Å²) in [6, 6.07) is 12.2. The summed E-state index contributed by atoms with van der Waals surface area (Å²) in [6.07, 6.45) is 0.0806. The minimum absolute atomic E-state index is 0.0806. The largest absolute Gasteiger partial charge is 0.312 e. The Hall–Kier alpha value is -3.00. The van der Waals surface area contributed by atoms with Gasteiger partial charge in [-0.1, -0.05) is 42.1 Å². The van der Waals surface area contributed by atoms with Crippen LogP contribution in [0, 0.1) is 11.6 Å². The van der Waals surface area contributed by atoms with E-state index in [9.17, 15) is 18.4 Å². The Kier molecular flexibility index (Phi) is 5.19. The van der Waals surface area contributed by atoms with Gasteiger partial charge in [-0.25, -0.2) is 8.78 Å². The molecule has 148 valence electrons. The number of amides is 1. The zero-order valence-corrected chi connectivity index (χ0v) is 16.3. The van der Waals surface area contributed by atoms with Gasteiger partial charge in [0.15, 0.2) is 5.16 Å². The van der Waals surface area contributed by atoms with E-state index in [0.29, 0.717) is 33.4 Å². The molecule has 0 saturated heterocycles. The number of nitrogens with one attached hydrogen (secondary N) is 1. The van der Waals surface area contributed by atoms with Crippen molar-refractivity contribution in [3.63, 3.8) is 0 Å². The first-order valence-corrected chi connectivity index (χ1v) is 9.95. The van der Waals surface area contributed by atoms with E-state index in [1.54, 1.807) is 41.9 Å². The topological polar surface area (TPSA) is 64.0 Å². The second-order valence-electron chi connectivity index (χ2n) is 6.76. The monoisotopic (exact) mass is 413 g/mol. The highest BCUT2D eigenvalue weighted by Crippen LogP contribution is 2.36. The molecule has 0 radical (unpaired) electrons. The van der Waals surface area contributed by atoms with Crippen LogP contribution in [-0.4, -0.2) is 15.5 Å². The number of rotatable bonds is 4. The molecule has 0 bridgehead atoms. The van der Waals surface area contributed by atoms with Gasteiger partial charge in [0.2, 0.25) is 5.91 Å². The van der Waals surface area contributed by atoms with Crippen molar-refractivity contribution in [2.24, 2.45) is 7.05 Å². The molecule has 0 fully saturated rings. The van der Waals surface area contributed by atoms with Crippen LogP contribution in [0.3, 0.4) is 0 Å². The molecule has 1 amide bonds. The third kappa shape index (κ3) is 3.80. The summed E-state index contributed by atoms with van der Waals surface area (Å²) < 4.78 is 28.8. The van der Waals surface area contributed by atoms with E-state index in [4.69, 9.17) is 0 Å².